The molecule has 2 rings (SSSR count). The zero-order valence-corrected chi connectivity index (χ0v) is 12.0. The number of hydrogen-bond donors (Lipinski definition) is 2. The van der Waals surface area contributed by atoms with Crippen molar-refractivity contribution in [2.45, 2.75) is 38.7 Å². The summed E-state index contributed by atoms with van der Waals surface area (Å²) in [6.07, 6.45) is 4.48. The highest BCUT2D eigenvalue weighted by atomic mass is 16.3. The first-order valence-corrected chi connectivity index (χ1v) is 7.27. The molecule has 1 amide bonds. The highest BCUT2D eigenvalue weighted by Gasteiger charge is 2.21. The predicted octanol–water partition coefficient (Wildman–Crippen LogP) is 1.62. The smallest absolute Gasteiger partial charge is 0.217 e. The van der Waals surface area contributed by atoms with E-state index in [0.717, 1.165) is 37.3 Å². The lowest BCUT2D eigenvalue weighted by atomic mass is 9.93. The molecule has 1 saturated heterocycles. The van der Waals surface area contributed by atoms with Crippen LogP contribution in [0.3, 0.4) is 0 Å². The van der Waals surface area contributed by atoms with Crippen LogP contribution < -0.4 is 10.6 Å². The molecule has 2 heterocycles. The number of nitrogens with two attached hydrogens (primary N) is 1. The highest BCUT2D eigenvalue weighted by molar-refractivity contribution is 5.74. The first-order chi connectivity index (χ1) is 9.60. The van der Waals surface area contributed by atoms with Crippen molar-refractivity contribution in [3.63, 3.8) is 0 Å². The summed E-state index contributed by atoms with van der Waals surface area (Å²) in [5.41, 5.74) is 7.04. The third-order valence-electron chi connectivity index (χ3n) is 3.97. The standard InChI is InChI=1S/C15H23N3O2/c1-2-14(19)13-4-3-12(10-17-13)18-7-5-11(6-8-18)9-15(16)20/h3-4,10-11,14,19H,2,5-9H2,1H3,(H2,16,20). The van der Waals surface area contributed by atoms with Crippen LogP contribution in [0.1, 0.15) is 44.4 Å². The minimum absolute atomic E-state index is 0.206. The van der Waals surface area contributed by atoms with Crippen molar-refractivity contribution in [3.05, 3.63) is 24.0 Å². The number of piperidine rings is 1. The average Bonchev–Trinajstić information content (AvgIpc) is 2.47. The summed E-state index contributed by atoms with van der Waals surface area (Å²) in [5.74, 6) is 0.209. The molecular formula is C15H23N3O2. The maximum atomic E-state index is 10.9. The van der Waals surface area contributed by atoms with E-state index in [0.29, 0.717) is 18.8 Å². The predicted molar refractivity (Wildman–Crippen MR) is 78.2 cm³/mol. The van der Waals surface area contributed by atoms with Gasteiger partial charge in [-0.25, -0.2) is 0 Å². The second kappa shape index (κ2) is 6.70. The van der Waals surface area contributed by atoms with Gasteiger partial charge in [-0.1, -0.05) is 6.92 Å². The summed E-state index contributed by atoms with van der Waals surface area (Å²) in [4.78, 5) is 17.5. The van der Waals surface area contributed by atoms with Crippen LogP contribution in [0.25, 0.3) is 0 Å². The van der Waals surface area contributed by atoms with Gasteiger partial charge in [-0.15, -0.1) is 0 Å². The highest BCUT2D eigenvalue weighted by Crippen LogP contribution is 2.25. The lowest BCUT2D eigenvalue weighted by Crippen LogP contribution is -2.35. The summed E-state index contributed by atoms with van der Waals surface area (Å²) < 4.78 is 0. The molecule has 0 bridgehead atoms. The number of amides is 1. The van der Waals surface area contributed by atoms with Crippen LogP contribution in [-0.4, -0.2) is 29.1 Å². The third kappa shape index (κ3) is 3.70. The van der Waals surface area contributed by atoms with Gasteiger partial charge in [-0.05, 0) is 37.3 Å². The molecule has 1 atom stereocenters. The minimum Gasteiger partial charge on any atom is -0.387 e. The molecule has 1 aliphatic rings. The normalized spacial score (nSPS) is 18.0. The number of nitrogens with zero attached hydrogens (tertiary/aromatic N) is 2. The van der Waals surface area contributed by atoms with Crippen molar-refractivity contribution in [1.82, 2.24) is 4.98 Å². The quantitative estimate of drug-likeness (QED) is 0.857. The Morgan fingerprint density at radius 3 is 2.70 bits per heavy atom. The lowest BCUT2D eigenvalue weighted by molar-refractivity contribution is -0.119. The molecule has 0 aliphatic carbocycles. The van der Waals surface area contributed by atoms with Crippen LogP contribution >= 0.6 is 0 Å². The Morgan fingerprint density at radius 1 is 1.50 bits per heavy atom. The first kappa shape index (κ1) is 14.8. The van der Waals surface area contributed by atoms with Crippen LogP contribution in [0.2, 0.25) is 0 Å². The Hall–Kier alpha value is -1.62. The number of aromatic nitrogens is 1. The van der Waals surface area contributed by atoms with Gasteiger partial charge in [-0.2, -0.15) is 0 Å². The Bertz CT molecular complexity index is 439. The molecule has 1 aromatic heterocycles. The van der Waals surface area contributed by atoms with E-state index in [1.165, 1.54) is 0 Å². The van der Waals surface area contributed by atoms with Crippen molar-refractivity contribution < 1.29 is 9.90 Å². The van der Waals surface area contributed by atoms with E-state index < -0.39 is 6.10 Å². The number of rotatable bonds is 5. The minimum atomic E-state index is -0.481. The number of anilines is 1. The van der Waals surface area contributed by atoms with E-state index in [-0.39, 0.29) is 5.91 Å². The summed E-state index contributed by atoms with van der Waals surface area (Å²) in [6, 6.07) is 3.90. The van der Waals surface area contributed by atoms with Gasteiger partial charge in [0.2, 0.25) is 5.91 Å². The maximum absolute atomic E-state index is 10.9. The molecule has 20 heavy (non-hydrogen) atoms. The van der Waals surface area contributed by atoms with Gasteiger partial charge >= 0.3 is 0 Å². The van der Waals surface area contributed by atoms with Crippen molar-refractivity contribution in [1.29, 1.82) is 0 Å². The fraction of sp³-hybridized carbons (Fsp3) is 0.600. The van der Waals surface area contributed by atoms with E-state index in [1.54, 1.807) is 0 Å². The van der Waals surface area contributed by atoms with E-state index in [2.05, 4.69) is 9.88 Å². The number of carbonyl (C=O) groups excluding carboxylic acids is 1. The average molecular weight is 277 g/mol. The number of carbonyl (C=O) groups is 1. The Balaban J connectivity index is 1.92. The van der Waals surface area contributed by atoms with Gasteiger partial charge in [0.25, 0.3) is 0 Å². The number of hydrogen-bond acceptors (Lipinski definition) is 4. The Morgan fingerprint density at radius 2 is 2.20 bits per heavy atom. The number of primary amides is 1. The topological polar surface area (TPSA) is 79.5 Å². The zero-order valence-electron chi connectivity index (χ0n) is 12.0. The van der Waals surface area contributed by atoms with Crippen LogP contribution in [0.4, 0.5) is 5.69 Å². The van der Waals surface area contributed by atoms with Gasteiger partial charge in [0.15, 0.2) is 0 Å². The summed E-state index contributed by atoms with van der Waals surface area (Å²) >= 11 is 0. The molecule has 1 aromatic rings. The van der Waals surface area contributed by atoms with Crippen LogP contribution in [0.15, 0.2) is 18.3 Å². The molecule has 1 unspecified atom stereocenters. The zero-order chi connectivity index (χ0) is 14.5. The molecule has 5 nitrogen and oxygen atoms in total. The van der Waals surface area contributed by atoms with E-state index in [1.807, 2.05) is 25.3 Å². The molecule has 0 radical (unpaired) electrons. The van der Waals surface area contributed by atoms with Crippen LogP contribution in [0.5, 0.6) is 0 Å². The molecule has 0 aromatic carbocycles. The number of aliphatic hydroxyl groups excluding tert-OH is 1. The molecule has 1 aliphatic heterocycles. The fourth-order valence-corrected chi connectivity index (χ4v) is 2.67. The monoisotopic (exact) mass is 277 g/mol. The van der Waals surface area contributed by atoms with Crippen molar-refractivity contribution in [3.8, 4) is 0 Å². The first-order valence-electron chi connectivity index (χ1n) is 7.27. The SMILES string of the molecule is CCC(O)c1ccc(N2CCC(CC(N)=O)CC2)cn1. The van der Waals surface area contributed by atoms with Crippen LogP contribution in [0, 0.1) is 5.92 Å². The largest absolute Gasteiger partial charge is 0.387 e. The molecule has 110 valence electrons. The van der Waals surface area contributed by atoms with E-state index >= 15 is 0 Å². The van der Waals surface area contributed by atoms with Crippen LogP contribution in [-0.2, 0) is 4.79 Å². The molecule has 0 spiro atoms. The second-order valence-electron chi connectivity index (χ2n) is 5.47. The molecule has 5 heteroatoms. The van der Waals surface area contributed by atoms with E-state index in [4.69, 9.17) is 5.73 Å². The molecule has 1 fully saturated rings. The molecular weight excluding hydrogens is 254 g/mol. The van der Waals surface area contributed by atoms with E-state index in [9.17, 15) is 9.90 Å². The summed E-state index contributed by atoms with van der Waals surface area (Å²) in [5, 5.41) is 9.73. The lowest BCUT2D eigenvalue weighted by Gasteiger charge is -2.33. The van der Waals surface area contributed by atoms with Gasteiger partial charge in [-0.3, -0.25) is 9.78 Å². The third-order valence-corrected chi connectivity index (χ3v) is 3.97. The Kier molecular flexibility index (Phi) is 4.95. The molecule has 0 saturated carbocycles. The van der Waals surface area contributed by atoms with Crippen molar-refractivity contribution in [2.24, 2.45) is 11.7 Å². The van der Waals surface area contributed by atoms with Gasteiger partial charge in [0, 0.05) is 19.5 Å². The fourth-order valence-electron chi connectivity index (χ4n) is 2.67. The maximum Gasteiger partial charge on any atom is 0.217 e. The van der Waals surface area contributed by atoms with Crippen molar-refractivity contribution in [2.75, 3.05) is 18.0 Å². The number of pyridine rings is 1. The Labute approximate surface area is 119 Å². The van der Waals surface area contributed by atoms with Gasteiger partial charge in [0.1, 0.15) is 0 Å². The second-order valence-corrected chi connectivity index (χ2v) is 5.47. The summed E-state index contributed by atoms with van der Waals surface area (Å²) in [7, 11) is 0. The van der Waals surface area contributed by atoms with Gasteiger partial charge < -0.3 is 15.7 Å². The molecule has 3 N–H and O–H groups in total. The van der Waals surface area contributed by atoms with Crippen molar-refractivity contribution >= 4 is 11.6 Å². The number of aliphatic hydroxyl groups is 1. The van der Waals surface area contributed by atoms with Gasteiger partial charge in [0.05, 0.1) is 23.7 Å². The summed E-state index contributed by atoms with van der Waals surface area (Å²) in [6.45, 7) is 3.79.